The number of ether oxygens (including phenoxy) is 3. The first-order chi connectivity index (χ1) is 61.2. The van der Waals surface area contributed by atoms with Gasteiger partial charge in [0, 0.05) is 97.8 Å². The molecule has 0 spiro atoms. The molecule has 0 aliphatic carbocycles. The van der Waals surface area contributed by atoms with Crippen LogP contribution in [0.15, 0.2) is 188 Å². The number of pyridine rings is 9. The van der Waals surface area contributed by atoms with Crippen molar-refractivity contribution in [1.29, 1.82) is 0 Å². The van der Waals surface area contributed by atoms with E-state index in [2.05, 4.69) is 229 Å². The molecule has 0 aliphatic heterocycles. The number of aromatic hydroxyl groups is 2. The van der Waals surface area contributed by atoms with Crippen LogP contribution in [0.4, 0.5) is 0 Å². The van der Waals surface area contributed by atoms with E-state index in [1.54, 1.807) is 82.2 Å². The minimum Gasteiger partial charge on any atom is -0.870 e. The van der Waals surface area contributed by atoms with Crippen LogP contribution in [0.25, 0.3) is 55.5 Å². The Labute approximate surface area is 877 Å². The number of aromatic nitrogens is 9. The third-order valence-electron chi connectivity index (χ3n) is 14.7. The number of halogens is 9. The van der Waals surface area contributed by atoms with Crippen molar-refractivity contribution in [3.63, 3.8) is 0 Å². The summed E-state index contributed by atoms with van der Waals surface area (Å²) >= 11 is 27.6. The first-order valence-electron chi connectivity index (χ1n) is 37.7. The Bertz CT molecular complexity index is 5770. The quantitative estimate of drug-likeness (QED) is 0.0144. The van der Waals surface area contributed by atoms with Gasteiger partial charge in [-0.3, -0.25) is 34.1 Å². The number of allylic oxidation sites excluding steroid dienone is 3. The Hall–Kier alpha value is -8.20. The average Bonchev–Trinajstić information content (AvgIpc) is 1.65. The van der Waals surface area contributed by atoms with Crippen LogP contribution in [-0.2, 0) is 38.1 Å². The molecular formula is C88H104BBrCl3I5LiN10O22PSi. The molecule has 13 aromatic rings. The zero-order valence-corrected chi connectivity index (χ0v) is 93.9. The molecule has 0 saturated heterocycles. The van der Waals surface area contributed by atoms with Gasteiger partial charge in [0.15, 0.2) is 45.8 Å². The molecule has 0 unspecified atom stereocenters. The number of hydrogen-bond donors (Lipinski definition) is 4. The smallest absolute Gasteiger partial charge is 0.870 e. The molecule has 0 atom stereocenters. The van der Waals surface area contributed by atoms with E-state index >= 15 is 0 Å². The predicted molar refractivity (Wildman–Crippen MR) is 561 cm³/mol. The molecule has 0 bridgehead atoms. The molecule has 5 N–H and O–H groups in total. The second-order valence-electron chi connectivity index (χ2n) is 27.8. The van der Waals surface area contributed by atoms with Crippen molar-refractivity contribution >= 4 is 275 Å². The van der Waals surface area contributed by atoms with Crippen LogP contribution in [0, 0.1) is 68.5 Å². The van der Waals surface area contributed by atoms with Gasteiger partial charge in [-0.2, -0.15) is 33.5 Å². The van der Waals surface area contributed by atoms with Crippen LogP contribution < -0.4 is 43.2 Å². The zero-order chi connectivity index (χ0) is 101. The molecule has 0 fully saturated rings. The van der Waals surface area contributed by atoms with Gasteiger partial charge in [-0.1, -0.05) is 95.0 Å². The Balaban J connectivity index is -0.000000449. The van der Waals surface area contributed by atoms with Gasteiger partial charge in [0.25, 0.3) is 17.9 Å². The fourth-order valence-corrected chi connectivity index (χ4v) is 11.6. The van der Waals surface area contributed by atoms with Gasteiger partial charge in [-0.05, 0) is 313 Å². The van der Waals surface area contributed by atoms with Gasteiger partial charge in [0.1, 0.15) is 68.2 Å². The number of carbonyl (C=O) groups excluding carboxylic acids is 8. The Morgan fingerprint density at radius 1 is 0.594 bits per heavy atom. The molecule has 0 aromatic carbocycles. The van der Waals surface area contributed by atoms with E-state index < -0.39 is 20.4 Å². The van der Waals surface area contributed by atoms with Gasteiger partial charge in [0.2, 0.25) is 0 Å². The maximum absolute atomic E-state index is 11.9. The zero-order valence-electron chi connectivity index (χ0n) is 77.3. The van der Waals surface area contributed by atoms with Crippen molar-refractivity contribution in [2.24, 2.45) is 0 Å². The summed E-state index contributed by atoms with van der Waals surface area (Å²) in [5, 5.41) is 43.6. The molecule has 0 radical (unpaired) electrons. The number of hydrogen-bond acceptors (Lipinski definition) is 30. The van der Waals surface area contributed by atoms with Crippen LogP contribution in [0.1, 0.15) is 127 Å². The number of aryl methyl sites for hydroxylation is 7. The van der Waals surface area contributed by atoms with Gasteiger partial charge in [0.05, 0.1) is 37.6 Å². The number of methoxy groups -OCH3 is 2. The molecule has 13 rings (SSSR count). The monoisotopic (exact) mass is 2550 g/mol. The minimum atomic E-state index is -3.22. The number of nitrogens with zero attached hydrogens (tertiary/aromatic N) is 10. The van der Waals surface area contributed by atoms with Gasteiger partial charge < -0.3 is 67.7 Å². The summed E-state index contributed by atoms with van der Waals surface area (Å²) in [6.07, 6.45) is 18.8. The molecule has 45 heteroatoms. The summed E-state index contributed by atoms with van der Waals surface area (Å²) in [4.78, 5) is 106. The normalized spacial score (nSPS) is 9.43. The van der Waals surface area contributed by atoms with Crippen molar-refractivity contribution in [3.8, 4) is 28.7 Å². The Morgan fingerprint density at radius 2 is 0.977 bits per heavy atom. The maximum atomic E-state index is 11.9. The van der Waals surface area contributed by atoms with Crippen molar-refractivity contribution in [2.75, 3.05) is 33.2 Å². The van der Waals surface area contributed by atoms with E-state index in [0.717, 1.165) is 132 Å². The first kappa shape index (κ1) is 133. The second kappa shape index (κ2) is 72.2. The minimum absolute atomic E-state index is 0. The van der Waals surface area contributed by atoms with Gasteiger partial charge in [-0.15, -0.1) is 6.58 Å². The summed E-state index contributed by atoms with van der Waals surface area (Å²) in [6.45, 7) is 45.3. The molecule has 13 heterocycles. The molecule has 1 amide bonds. The number of amides is 1. The predicted octanol–water partition coefficient (Wildman–Crippen LogP) is 19.6. The number of furan rings is 4. The molecule has 13 aromatic heterocycles. The molecule has 0 saturated carbocycles. The fourth-order valence-electron chi connectivity index (χ4n) is 8.67. The molecule has 133 heavy (non-hydrogen) atoms. The van der Waals surface area contributed by atoms with E-state index in [9.17, 15) is 19.4 Å². The van der Waals surface area contributed by atoms with Crippen molar-refractivity contribution in [1.82, 2.24) is 44.8 Å². The summed E-state index contributed by atoms with van der Waals surface area (Å²) < 4.78 is 51.3. The van der Waals surface area contributed by atoms with Gasteiger partial charge >= 0.3 is 49.6 Å². The number of rotatable bonds is 10. The van der Waals surface area contributed by atoms with Crippen LogP contribution >= 0.6 is 168 Å². The SMILES string of the molecule is C=C(C)B(O)O.C=C(C)c1cnc2cc(C)oc2c1.C=C(C)c1cnc2cc(C)oc2c1.CC(C)c1cc2oc([Si](C)(C)C)cc2[n+]([O-])c1.CCC.CI.COc1cc(C)cnc1I.COc1cc(OC=O)cnc1I.Cc1cc(C(=O)N(C)C)cnc1I.Cc1cc2ncc(Br)cc2o1.Cc1cnc(I)c(O)c1.Cc1cncc(O)c1.O=C=O.O=C=O.O=C=O.O=P(Cl)(Cl)Cl.[Li+].[OH-]. The average molecular weight is 2550 g/mol. The number of fused-ring (bicyclic) bond motifs is 4. The van der Waals surface area contributed by atoms with E-state index in [4.69, 9.17) is 76.2 Å². The van der Waals surface area contributed by atoms with Crippen molar-refractivity contribution in [3.05, 3.63) is 252 Å². The molecule has 714 valence electrons. The summed E-state index contributed by atoms with van der Waals surface area (Å²) in [6, 6.07) is 24.3. The Kier molecular flexibility index (Phi) is 72.3. The topological polar surface area (TPSA) is 478 Å². The van der Waals surface area contributed by atoms with Crippen LogP contribution in [-0.4, -0.2) is 150 Å². The van der Waals surface area contributed by atoms with Crippen molar-refractivity contribution in [2.45, 2.75) is 129 Å². The first-order valence-corrected chi connectivity index (χ1v) is 52.9. The van der Waals surface area contributed by atoms with E-state index in [1.807, 2.05) is 192 Å². The van der Waals surface area contributed by atoms with Crippen LogP contribution in [0.2, 0.25) is 19.6 Å². The maximum Gasteiger partial charge on any atom is 1.00 e. The second-order valence-corrected chi connectivity index (χ2v) is 44.4. The third kappa shape index (κ3) is 58.1. The standard InChI is InChI=1S/C13H19NO2Si.2C11H11NO.C9H11IN2O.C8H6BrNO.C7H6INO3.C7H8INO.C6H6INO.C6H7NO.C3H7BO2.C3H8.CH3I.3CO2.Cl3OP.Li.H2O/c1-9(2)10-6-12-11(14(15)8-10)7-13(16-12)17(3,4)5;2*1-7(2)9-5-11-10(12-6-9)4-8(3)13-11;1-6-4-7(5-11-8(6)10)9(13)12(2)3;1-5-2-7-8(11-5)3-6(9)4-10-7;1-11-6-2-5(12-4-10)3-9-7(6)8;1-5-3-6(10-2)7(8)9-4-5;1-4-2-5(9)6(7)8-3-4;1-5-2-6(8)4-7-3-5;1-3(2)4(5)6;1-3-2;1-2;3*2-1-3;1-5(2,3)4;;/h6-9H,1-5H3;2*4-6H,1H2,2-3H3;4-5H,1-3H3;2-4H,1H3;2-4H,1H3;3-4H,1-2H3;2-3,9H,1H3;2-4,8H,1H3;5-6H,1H2,2H3;3H2,1-2H3;1H3;;;;;;1H2/q;;;;;;;;;;;;;;;;+1;/p-1. The summed E-state index contributed by atoms with van der Waals surface area (Å²) in [5.41, 5.74) is 16.8. The molecular weight excluding hydrogens is 2450 g/mol. The van der Waals surface area contributed by atoms with Gasteiger partial charge in [-0.25, -0.2) is 19.9 Å². The number of alkyl halides is 1. The van der Waals surface area contributed by atoms with Crippen molar-refractivity contribution < 1.29 is 124 Å². The Morgan fingerprint density at radius 3 is 1.32 bits per heavy atom. The van der Waals surface area contributed by atoms with Crippen LogP contribution in [0.5, 0.6) is 28.7 Å². The third-order valence-corrected chi connectivity index (χ3v) is 20.4. The largest absolute Gasteiger partial charge is 1.00 e. The van der Waals surface area contributed by atoms with Crippen LogP contribution in [0.3, 0.4) is 0 Å². The summed E-state index contributed by atoms with van der Waals surface area (Å²) in [5.74, 6) is 5.30. The number of carbonyl (C=O) groups is 2. The molecule has 0 aliphatic rings. The van der Waals surface area contributed by atoms with E-state index in [1.165, 1.54) is 25.9 Å². The fraction of sp³-hybridized carbons (Fsp3) is 0.273. The molecule has 32 nitrogen and oxygen atoms in total. The summed E-state index contributed by atoms with van der Waals surface area (Å²) in [7, 11) is 3.80. The van der Waals surface area contributed by atoms with E-state index in [-0.39, 0.29) is 60.2 Å². The van der Waals surface area contributed by atoms with E-state index in [0.29, 0.717) is 49.7 Å².